The van der Waals surface area contributed by atoms with E-state index in [4.69, 9.17) is 11.6 Å². The van der Waals surface area contributed by atoms with Gasteiger partial charge in [0.25, 0.3) is 0 Å². The predicted molar refractivity (Wildman–Crippen MR) is 88.6 cm³/mol. The maximum absolute atomic E-state index is 6.24. The molecule has 108 valence electrons. The van der Waals surface area contributed by atoms with Crippen LogP contribution in [0.4, 0.5) is 5.69 Å². The standard InChI is InChI=1S/C15H19BrClN3/c1-9(2)20-11(4)15(10(3)19-20)18-8-12-5-6-13(16)7-14(12)17/h5-7,9,18H,8H2,1-4H3. The van der Waals surface area contributed by atoms with E-state index in [1.807, 2.05) is 29.8 Å². The van der Waals surface area contributed by atoms with Crippen molar-refractivity contribution < 1.29 is 0 Å². The molecule has 0 saturated heterocycles. The molecule has 0 fully saturated rings. The van der Waals surface area contributed by atoms with Crippen molar-refractivity contribution in [3.05, 3.63) is 44.6 Å². The summed E-state index contributed by atoms with van der Waals surface area (Å²) < 4.78 is 3.03. The summed E-state index contributed by atoms with van der Waals surface area (Å²) in [4.78, 5) is 0. The summed E-state index contributed by atoms with van der Waals surface area (Å²) >= 11 is 9.66. The topological polar surface area (TPSA) is 29.9 Å². The molecule has 2 rings (SSSR count). The average molecular weight is 357 g/mol. The number of rotatable bonds is 4. The minimum atomic E-state index is 0.362. The van der Waals surface area contributed by atoms with Crippen molar-refractivity contribution in [3.8, 4) is 0 Å². The maximum Gasteiger partial charge on any atom is 0.0828 e. The van der Waals surface area contributed by atoms with E-state index in [1.165, 1.54) is 0 Å². The van der Waals surface area contributed by atoms with Crippen LogP contribution >= 0.6 is 27.5 Å². The molecule has 0 aliphatic rings. The Bertz CT molecular complexity index is 620. The Kier molecular flexibility index (Phi) is 4.76. The van der Waals surface area contributed by atoms with Crippen molar-refractivity contribution in [2.45, 2.75) is 40.3 Å². The highest BCUT2D eigenvalue weighted by atomic mass is 79.9. The zero-order valence-corrected chi connectivity index (χ0v) is 14.5. The van der Waals surface area contributed by atoms with Gasteiger partial charge in [-0.2, -0.15) is 5.10 Å². The van der Waals surface area contributed by atoms with Crippen molar-refractivity contribution in [2.24, 2.45) is 0 Å². The predicted octanol–water partition coefficient (Wildman–Crippen LogP) is 5.11. The minimum Gasteiger partial charge on any atom is -0.378 e. The molecule has 0 spiro atoms. The quantitative estimate of drug-likeness (QED) is 0.825. The number of hydrogen-bond acceptors (Lipinski definition) is 2. The Morgan fingerprint density at radius 3 is 2.60 bits per heavy atom. The zero-order valence-electron chi connectivity index (χ0n) is 12.2. The number of nitrogens with one attached hydrogen (secondary N) is 1. The van der Waals surface area contributed by atoms with Gasteiger partial charge in [0.2, 0.25) is 0 Å². The Balaban J connectivity index is 2.19. The fraction of sp³-hybridized carbons (Fsp3) is 0.400. The molecule has 0 atom stereocenters. The summed E-state index contributed by atoms with van der Waals surface area (Å²) in [6, 6.07) is 6.30. The molecule has 0 unspecified atom stereocenters. The average Bonchev–Trinajstić information content (AvgIpc) is 2.65. The first-order valence-corrected chi connectivity index (χ1v) is 7.80. The van der Waals surface area contributed by atoms with Crippen molar-refractivity contribution in [1.82, 2.24) is 9.78 Å². The van der Waals surface area contributed by atoms with E-state index < -0.39 is 0 Å². The number of aromatic nitrogens is 2. The molecule has 1 aromatic carbocycles. The molecule has 0 aliphatic carbocycles. The smallest absolute Gasteiger partial charge is 0.0828 e. The Hall–Kier alpha value is -1.000. The molecule has 2 aromatic rings. The van der Waals surface area contributed by atoms with Gasteiger partial charge in [0, 0.05) is 22.1 Å². The summed E-state index contributed by atoms with van der Waals surface area (Å²) in [6.45, 7) is 9.07. The second-order valence-electron chi connectivity index (χ2n) is 5.17. The van der Waals surface area contributed by atoms with Crippen molar-refractivity contribution >= 4 is 33.2 Å². The van der Waals surface area contributed by atoms with Gasteiger partial charge in [-0.15, -0.1) is 0 Å². The van der Waals surface area contributed by atoms with Crippen LogP contribution in [0.15, 0.2) is 22.7 Å². The Morgan fingerprint density at radius 1 is 1.35 bits per heavy atom. The summed E-state index contributed by atoms with van der Waals surface area (Å²) in [7, 11) is 0. The third kappa shape index (κ3) is 3.18. The molecule has 3 nitrogen and oxygen atoms in total. The van der Waals surface area contributed by atoms with Crippen LogP contribution in [0.5, 0.6) is 0 Å². The van der Waals surface area contributed by atoms with Gasteiger partial charge < -0.3 is 5.32 Å². The number of halogens is 2. The van der Waals surface area contributed by atoms with Gasteiger partial charge in [-0.3, -0.25) is 4.68 Å². The van der Waals surface area contributed by atoms with Gasteiger partial charge in [-0.05, 0) is 45.4 Å². The van der Waals surface area contributed by atoms with Crippen LogP contribution in [-0.4, -0.2) is 9.78 Å². The zero-order chi connectivity index (χ0) is 14.9. The molecule has 1 heterocycles. The van der Waals surface area contributed by atoms with Gasteiger partial charge in [-0.25, -0.2) is 0 Å². The normalized spacial score (nSPS) is 11.2. The van der Waals surface area contributed by atoms with Gasteiger partial charge >= 0.3 is 0 Å². The molecule has 0 saturated carbocycles. The van der Waals surface area contributed by atoms with Crippen LogP contribution < -0.4 is 5.32 Å². The summed E-state index contributed by atoms with van der Waals surface area (Å²) in [5, 5.41) is 8.78. The molecule has 20 heavy (non-hydrogen) atoms. The SMILES string of the molecule is Cc1nn(C(C)C)c(C)c1NCc1ccc(Br)cc1Cl. The number of aryl methyl sites for hydroxylation is 1. The van der Waals surface area contributed by atoms with E-state index in [2.05, 4.69) is 47.1 Å². The van der Waals surface area contributed by atoms with Crippen LogP contribution in [0, 0.1) is 13.8 Å². The van der Waals surface area contributed by atoms with Crippen LogP contribution in [0.25, 0.3) is 0 Å². The number of nitrogens with zero attached hydrogens (tertiary/aromatic N) is 2. The molecule has 0 amide bonds. The lowest BCUT2D eigenvalue weighted by Gasteiger charge is -2.11. The van der Waals surface area contributed by atoms with E-state index in [9.17, 15) is 0 Å². The summed E-state index contributed by atoms with van der Waals surface area (Å²) in [5.74, 6) is 0. The van der Waals surface area contributed by atoms with E-state index in [-0.39, 0.29) is 0 Å². The number of anilines is 1. The first-order chi connectivity index (χ1) is 9.40. The van der Waals surface area contributed by atoms with Crippen LogP contribution in [0.3, 0.4) is 0 Å². The molecule has 5 heteroatoms. The van der Waals surface area contributed by atoms with Gasteiger partial charge in [-0.1, -0.05) is 33.6 Å². The molecular weight excluding hydrogens is 338 g/mol. The van der Waals surface area contributed by atoms with E-state index >= 15 is 0 Å². The fourth-order valence-electron chi connectivity index (χ4n) is 2.27. The van der Waals surface area contributed by atoms with E-state index in [0.717, 1.165) is 32.1 Å². The molecular formula is C15H19BrClN3. The fourth-order valence-corrected chi connectivity index (χ4v) is 3.01. The van der Waals surface area contributed by atoms with Gasteiger partial charge in [0.05, 0.1) is 17.1 Å². The molecule has 0 radical (unpaired) electrons. The summed E-state index contributed by atoms with van der Waals surface area (Å²) in [6.07, 6.45) is 0. The number of hydrogen-bond donors (Lipinski definition) is 1. The van der Waals surface area contributed by atoms with E-state index in [0.29, 0.717) is 12.6 Å². The number of benzene rings is 1. The monoisotopic (exact) mass is 355 g/mol. The maximum atomic E-state index is 6.24. The molecule has 0 aliphatic heterocycles. The molecule has 1 N–H and O–H groups in total. The Labute approximate surface area is 133 Å². The van der Waals surface area contributed by atoms with Crippen LogP contribution in [0.2, 0.25) is 5.02 Å². The van der Waals surface area contributed by atoms with Crippen LogP contribution in [-0.2, 0) is 6.54 Å². The molecule has 0 bridgehead atoms. The van der Waals surface area contributed by atoms with Crippen molar-refractivity contribution in [1.29, 1.82) is 0 Å². The van der Waals surface area contributed by atoms with Crippen molar-refractivity contribution in [2.75, 3.05) is 5.32 Å². The van der Waals surface area contributed by atoms with Gasteiger partial charge in [0.15, 0.2) is 0 Å². The molecule has 1 aromatic heterocycles. The first kappa shape index (κ1) is 15.4. The lowest BCUT2D eigenvalue weighted by Crippen LogP contribution is -2.06. The lowest BCUT2D eigenvalue weighted by molar-refractivity contribution is 0.516. The highest BCUT2D eigenvalue weighted by Gasteiger charge is 2.13. The lowest BCUT2D eigenvalue weighted by atomic mass is 10.2. The summed E-state index contributed by atoms with van der Waals surface area (Å²) in [5.41, 5.74) is 4.35. The van der Waals surface area contributed by atoms with Crippen LogP contribution in [0.1, 0.15) is 36.8 Å². The minimum absolute atomic E-state index is 0.362. The third-order valence-corrected chi connectivity index (χ3v) is 4.13. The highest BCUT2D eigenvalue weighted by molar-refractivity contribution is 9.10. The second kappa shape index (κ2) is 6.19. The third-order valence-electron chi connectivity index (χ3n) is 3.28. The largest absolute Gasteiger partial charge is 0.378 e. The second-order valence-corrected chi connectivity index (χ2v) is 6.50. The van der Waals surface area contributed by atoms with Crippen molar-refractivity contribution in [3.63, 3.8) is 0 Å². The highest BCUT2D eigenvalue weighted by Crippen LogP contribution is 2.25. The van der Waals surface area contributed by atoms with E-state index in [1.54, 1.807) is 0 Å². The Morgan fingerprint density at radius 2 is 2.05 bits per heavy atom. The van der Waals surface area contributed by atoms with Gasteiger partial charge in [0.1, 0.15) is 0 Å². The first-order valence-electron chi connectivity index (χ1n) is 6.63.